The summed E-state index contributed by atoms with van der Waals surface area (Å²) in [5.41, 5.74) is 8.67. The molecule has 52 heavy (non-hydrogen) atoms. The van der Waals surface area contributed by atoms with Gasteiger partial charge >= 0.3 is 15.6 Å². The van der Waals surface area contributed by atoms with Crippen LogP contribution in [0.15, 0.2) is 121 Å². The van der Waals surface area contributed by atoms with Gasteiger partial charge in [0.15, 0.2) is 0 Å². The highest BCUT2D eigenvalue weighted by Gasteiger charge is 2.39. The zero-order valence-corrected chi connectivity index (χ0v) is 30.9. The van der Waals surface area contributed by atoms with Gasteiger partial charge in [0.2, 0.25) is 0 Å². The van der Waals surface area contributed by atoms with Gasteiger partial charge in [-0.15, -0.1) is 0 Å². The number of rotatable bonds is 5. The van der Waals surface area contributed by atoms with Gasteiger partial charge in [0.1, 0.15) is 34.5 Å². The molecule has 0 aliphatic carbocycles. The van der Waals surface area contributed by atoms with Gasteiger partial charge < -0.3 is 27.1 Å². The average molecular weight is 731 g/mol. The lowest BCUT2D eigenvalue weighted by Crippen LogP contribution is -2.13. The molecule has 0 spiro atoms. The summed E-state index contributed by atoms with van der Waals surface area (Å²) in [4.78, 5) is 0. The van der Waals surface area contributed by atoms with E-state index in [1.165, 1.54) is 0 Å². The van der Waals surface area contributed by atoms with Gasteiger partial charge in [-0.05, 0) is 108 Å². The standard InChI is InChI=1S/C42H36O8P2/c1-27-9-5-13-33-25-34-14-6-10-28(2)40(34)48-51(43,47-39(27)33)45-37-21-17-31(18-22-37)32-19-23-38(24-20-32)46-52(44)49-41-29(3)11-7-15-35(41)26-36-16-8-12-30(4)42(36)50-52/h5-24H,25-26H2,1-4H3. The molecule has 0 atom stereocenters. The summed E-state index contributed by atoms with van der Waals surface area (Å²) in [6.45, 7) is 7.62. The van der Waals surface area contributed by atoms with Crippen molar-refractivity contribution in [2.45, 2.75) is 40.5 Å². The lowest BCUT2D eigenvalue weighted by molar-refractivity contribution is 0.291. The second kappa shape index (κ2) is 13.3. The van der Waals surface area contributed by atoms with E-state index in [2.05, 4.69) is 0 Å². The largest absolute Gasteiger partial charge is 0.647 e. The lowest BCUT2D eigenvalue weighted by atomic mass is 9.99. The van der Waals surface area contributed by atoms with E-state index in [0.29, 0.717) is 47.3 Å². The predicted molar refractivity (Wildman–Crippen MR) is 201 cm³/mol. The summed E-state index contributed by atoms with van der Waals surface area (Å²) in [5, 5.41) is 0. The lowest BCUT2D eigenvalue weighted by Gasteiger charge is -2.26. The molecule has 0 fully saturated rings. The Morgan fingerprint density at radius 1 is 0.404 bits per heavy atom. The van der Waals surface area contributed by atoms with Crippen LogP contribution in [0.25, 0.3) is 11.1 Å². The van der Waals surface area contributed by atoms with E-state index in [1.54, 1.807) is 24.3 Å². The third-order valence-electron chi connectivity index (χ3n) is 9.22. The molecule has 0 amide bonds. The van der Waals surface area contributed by atoms with Crippen molar-refractivity contribution in [1.82, 2.24) is 0 Å². The molecule has 262 valence electrons. The molecular weight excluding hydrogens is 694 g/mol. The average Bonchev–Trinajstić information content (AvgIpc) is 3.10. The Bertz CT molecular complexity index is 2140. The summed E-state index contributed by atoms with van der Waals surface area (Å²) >= 11 is 0. The van der Waals surface area contributed by atoms with Crippen LogP contribution in [0.5, 0.6) is 34.5 Å². The molecule has 0 aromatic heterocycles. The van der Waals surface area contributed by atoms with Crippen molar-refractivity contribution < 1.29 is 36.3 Å². The number of aryl methyl sites for hydroxylation is 4. The zero-order chi connectivity index (χ0) is 36.0. The smallest absolute Gasteiger partial charge is 0.386 e. The summed E-state index contributed by atoms with van der Waals surface area (Å²) in [5.74, 6) is 2.61. The molecule has 8 nitrogen and oxygen atoms in total. The first-order chi connectivity index (χ1) is 25.0. The summed E-state index contributed by atoms with van der Waals surface area (Å²) in [7, 11) is -8.33. The van der Waals surface area contributed by atoms with Crippen LogP contribution >= 0.6 is 15.6 Å². The first-order valence-electron chi connectivity index (χ1n) is 17.0. The number of phosphoric acid groups is 2. The maximum atomic E-state index is 14.3. The van der Waals surface area contributed by atoms with Crippen molar-refractivity contribution in [2.75, 3.05) is 0 Å². The number of fused-ring (bicyclic) bond motifs is 4. The van der Waals surface area contributed by atoms with E-state index in [0.717, 1.165) is 55.6 Å². The van der Waals surface area contributed by atoms with Gasteiger partial charge in [0.25, 0.3) is 0 Å². The van der Waals surface area contributed by atoms with E-state index in [-0.39, 0.29) is 0 Å². The highest BCUT2D eigenvalue weighted by Crippen LogP contribution is 2.56. The Kier molecular flexibility index (Phi) is 8.61. The number of hydrogen-bond donors (Lipinski definition) is 0. The molecule has 0 unspecified atom stereocenters. The Hall–Kier alpha value is -5.42. The van der Waals surface area contributed by atoms with E-state index in [9.17, 15) is 9.13 Å². The Balaban J connectivity index is 1.03. The van der Waals surface area contributed by atoms with Crippen molar-refractivity contribution in [3.63, 3.8) is 0 Å². The van der Waals surface area contributed by atoms with Crippen molar-refractivity contribution >= 4 is 15.6 Å². The maximum Gasteiger partial charge on any atom is 0.647 e. The van der Waals surface area contributed by atoms with Crippen molar-refractivity contribution in [3.8, 4) is 45.6 Å². The molecule has 0 saturated carbocycles. The fourth-order valence-corrected chi connectivity index (χ4v) is 9.50. The predicted octanol–water partition coefficient (Wildman–Crippen LogP) is 11.7. The third kappa shape index (κ3) is 6.68. The van der Waals surface area contributed by atoms with E-state index in [1.807, 2.05) is 125 Å². The monoisotopic (exact) mass is 730 g/mol. The molecule has 0 radical (unpaired) electrons. The van der Waals surface area contributed by atoms with Gasteiger partial charge in [-0.1, -0.05) is 97.1 Å². The van der Waals surface area contributed by atoms with Crippen LogP contribution in [0.1, 0.15) is 44.5 Å². The summed E-state index contributed by atoms with van der Waals surface area (Å²) < 4.78 is 65.0. The SMILES string of the molecule is Cc1cccc2c1OP(=O)(Oc1ccc(-c3ccc(OP4(=O)Oc5c(C)cccc5Cc5cccc(C)c5O4)cc3)cc1)Oc1c(C)cccc1C2. The van der Waals surface area contributed by atoms with Crippen LogP contribution in [-0.2, 0) is 22.0 Å². The molecule has 6 aromatic rings. The second-order valence-corrected chi connectivity index (χ2v) is 16.0. The molecule has 2 aliphatic heterocycles. The highest BCUT2D eigenvalue weighted by atomic mass is 31.2. The molecule has 0 N–H and O–H groups in total. The minimum Gasteiger partial charge on any atom is -0.386 e. The van der Waals surface area contributed by atoms with E-state index in [4.69, 9.17) is 27.1 Å². The fourth-order valence-electron chi connectivity index (χ4n) is 6.58. The van der Waals surface area contributed by atoms with Crippen molar-refractivity contribution in [2.24, 2.45) is 0 Å². The van der Waals surface area contributed by atoms with E-state index < -0.39 is 15.6 Å². The number of para-hydroxylation sites is 4. The molecular formula is C42H36O8P2. The molecule has 8 rings (SSSR count). The van der Waals surface area contributed by atoms with Gasteiger partial charge in [-0.3, -0.25) is 0 Å². The van der Waals surface area contributed by atoms with Crippen LogP contribution in [0, 0.1) is 27.7 Å². The number of phosphoric ester groups is 2. The van der Waals surface area contributed by atoms with Crippen LogP contribution in [0.2, 0.25) is 0 Å². The Morgan fingerprint density at radius 3 is 0.942 bits per heavy atom. The first-order valence-corrected chi connectivity index (χ1v) is 19.9. The second-order valence-electron chi connectivity index (χ2n) is 13.1. The van der Waals surface area contributed by atoms with E-state index >= 15 is 0 Å². The van der Waals surface area contributed by atoms with Crippen molar-refractivity contribution in [1.29, 1.82) is 0 Å². The molecule has 6 aromatic carbocycles. The molecule has 10 heteroatoms. The third-order valence-corrected chi connectivity index (χ3v) is 11.7. The molecule has 2 heterocycles. The fraction of sp³-hybridized carbons (Fsp3) is 0.143. The Labute approximate surface area is 303 Å². The molecule has 0 saturated heterocycles. The van der Waals surface area contributed by atoms with Gasteiger partial charge in [-0.25, -0.2) is 0 Å². The van der Waals surface area contributed by atoms with Crippen LogP contribution < -0.4 is 27.1 Å². The number of hydrogen-bond acceptors (Lipinski definition) is 8. The van der Waals surface area contributed by atoms with Crippen LogP contribution in [0.3, 0.4) is 0 Å². The quantitative estimate of drug-likeness (QED) is 0.162. The normalized spacial score (nSPS) is 15.1. The van der Waals surface area contributed by atoms with Gasteiger partial charge in [-0.2, -0.15) is 9.13 Å². The highest BCUT2D eigenvalue weighted by molar-refractivity contribution is 7.50. The number of benzene rings is 6. The minimum atomic E-state index is -4.16. The maximum absolute atomic E-state index is 14.3. The Morgan fingerprint density at radius 2 is 0.673 bits per heavy atom. The van der Waals surface area contributed by atoms with Gasteiger partial charge in [0.05, 0.1) is 0 Å². The first kappa shape index (κ1) is 33.7. The summed E-state index contributed by atoms with van der Waals surface area (Å²) in [6.07, 6.45) is 1.15. The summed E-state index contributed by atoms with van der Waals surface area (Å²) in [6, 6.07) is 37.6. The zero-order valence-electron chi connectivity index (χ0n) is 29.1. The minimum absolute atomic E-state index is 0.320. The van der Waals surface area contributed by atoms with Crippen LogP contribution in [0.4, 0.5) is 0 Å². The topological polar surface area (TPSA) is 89.5 Å². The van der Waals surface area contributed by atoms with Crippen molar-refractivity contribution in [3.05, 3.63) is 166 Å². The van der Waals surface area contributed by atoms with Crippen LogP contribution in [-0.4, -0.2) is 0 Å². The van der Waals surface area contributed by atoms with Gasteiger partial charge in [0, 0.05) is 12.8 Å². The molecule has 0 bridgehead atoms. The molecule has 2 aliphatic rings.